The van der Waals surface area contributed by atoms with Crippen LogP contribution in [0.5, 0.6) is 0 Å². The first-order valence-corrected chi connectivity index (χ1v) is 31.4. The summed E-state index contributed by atoms with van der Waals surface area (Å²) in [4.78, 5) is 111. The van der Waals surface area contributed by atoms with Crippen molar-refractivity contribution in [2.75, 3.05) is 52.0 Å². The molecule has 2 aromatic carbocycles. The summed E-state index contributed by atoms with van der Waals surface area (Å²) >= 11 is 3.20. The number of carboxylic acid groups (broad SMARTS) is 2. The van der Waals surface area contributed by atoms with Crippen molar-refractivity contribution in [3.05, 3.63) is 71.8 Å². The first-order valence-electron chi connectivity index (χ1n) is 29.3. The van der Waals surface area contributed by atoms with Crippen LogP contribution < -0.4 is 21.3 Å². The highest BCUT2D eigenvalue weighted by molar-refractivity contribution is 8.00. The Hall–Kier alpha value is -5.58. The maximum atomic E-state index is 14.4. The van der Waals surface area contributed by atoms with Crippen molar-refractivity contribution in [3.8, 4) is 0 Å². The normalized spacial score (nSPS) is 23.4. The lowest BCUT2D eigenvalue weighted by atomic mass is 9.83. The van der Waals surface area contributed by atoms with Gasteiger partial charge in [0.05, 0.1) is 36.0 Å². The number of ether oxygens (including phenoxy) is 2. The van der Waals surface area contributed by atoms with E-state index in [1.54, 1.807) is 33.3 Å². The maximum Gasteiger partial charge on any atom is 0.407 e. The standard InChI is InChI=1S/C60H90N8O12S2/c1-39(65(7)57(75)76)51(69)61-43-29-33-81-47-35-59(3,4)49(67(47)55(43)73)53(71)63-45(41-25-19-17-20-26-41)37-79-31-23-15-13-11-9-10-12-14-16-24-32-80-38-46(42-27-21-18-22-28-42)64-54(72)50-60(5,6)36-48-68(50)56(74)44(30-34-82-48)62-52(70)40(2)66(8)58(77)78/h17-22,25-28,39-40,43-50H,9-16,23-24,29-38H2,1-8H3,(H,61,69)(H,62,70)(H,63,71)(H,64,72)(H,75,76)(H,77,78)/t39?,40?,43-,44-,45?,46?,47-,48-,49+,50+/m0/s1. The molecule has 4 saturated heterocycles. The highest BCUT2D eigenvalue weighted by Crippen LogP contribution is 2.48. The number of fused-ring (bicyclic) bond motifs is 2. The summed E-state index contributed by atoms with van der Waals surface area (Å²) in [6, 6.07) is 13.1. The van der Waals surface area contributed by atoms with Crippen molar-refractivity contribution in [1.82, 2.24) is 40.9 Å². The quantitative estimate of drug-likeness (QED) is 0.0426. The first kappa shape index (κ1) is 65.6. The van der Waals surface area contributed by atoms with Gasteiger partial charge in [0.15, 0.2) is 0 Å². The van der Waals surface area contributed by atoms with Crippen LogP contribution in [-0.4, -0.2) is 176 Å². The number of carbonyl (C=O) groups excluding carboxylic acids is 6. The van der Waals surface area contributed by atoms with Crippen molar-refractivity contribution in [2.45, 2.75) is 191 Å². The molecule has 4 aliphatic rings. The van der Waals surface area contributed by atoms with Gasteiger partial charge in [-0.25, -0.2) is 9.59 Å². The van der Waals surface area contributed by atoms with Crippen LogP contribution in [0.1, 0.15) is 155 Å². The van der Waals surface area contributed by atoms with Crippen LogP contribution >= 0.6 is 23.5 Å². The minimum atomic E-state index is -1.25. The van der Waals surface area contributed by atoms with E-state index in [0.717, 1.165) is 85.1 Å². The summed E-state index contributed by atoms with van der Waals surface area (Å²) in [5, 5.41) is 30.3. The highest BCUT2D eigenvalue weighted by atomic mass is 32.2. The average molecular weight is 1180 g/mol. The number of nitrogens with one attached hydrogen (secondary N) is 4. The molecular weight excluding hydrogens is 1090 g/mol. The zero-order valence-corrected chi connectivity index (χ0v) is 50.9. The molecule has 6 rings (SSSR count). The largest absolute Gasteiger partial charge is 0.465 e. The molecule has 2 aromatic rings. The summed E-state index contributed by atoms with van der Waals surface area (Å²) < 4.78 is 12.4. The Morgan fingerprint density at radius 3 is 1.23 bits per heavy atom. The number of hydrogen-bond acceptors (Lipinski definition) is 12. The van der Waals surface area contributed by atoms with E-state index in [9.17, 15) is 48.6 Å². The lowest BCUT2D eigenvalue weighted by Crippen LogP contribution is -2.58. The highest BCUT2D eigenvalue weighted by Gasteiger charge is 2.56. The number of benzene rings is 2. The van der Waals surface area contributed by atoms with Crippen LogP contribution in [0.15, 0.2) is 60.7 Å². The Bertz CT molecular complexity index is 2310. The number of amides is 8. The fourth-order valence-corrected chi connectivity index (χ4v) is 14.7. The second-order valence-corrected chi connectivity index (χ2v) is 26.4. The third-order valence-electron chi connectivity index (χ3n) is 16.7. The lowest BCUT2D eigenvalue weighted by Gasteiger charge is -2.35. The summed E-state index contributed by atoms with van der Waals surface area (Å²) in [5.74, 6) is -1.20. The first-order chi connectivity index (χ1) is 39.0. The smallest absolute Gasteiger partial charge is 0.407 e. The van der Waals surface area contributed by atoms with Gasteiger partial charge in [0.2, 0.25) is 35.4 Å². The Balaban J connectivity index is 0.878. The molecule has 4 fully saturated rings. The Morgan fingerprint density at radius 2 is 0.902 bits per heavy atom. The number of thioether (sulfide) groups is 2. The molecule has 4 unspecified atom stereocenters. The molecule has 22 heteroatoms. The van der Waals surface area contributed by atoms with E-state index in [1.165, 1.54) is 27.9 Å². The second kappa shape index (κ2) is 30.8. The average Bonchev–Trinajstić information content (AvgIpc) is 3.37. The molecule has 0 spiro atoms. The molecule has 0 bridgehead atoms. The monoisotopic (exact) mass is 1180 g/mol. The third-order valence-corrected chi connectivity index (χ3v) is 19.2. The summed E-state index contributed by atoms with van der Waals surface area (Å²) in [6.45, 7) is 12.5. The zero-order chi connectivity index (χ0) is 59.7. The molecule has 454 valence electrons. The van der Waals surface area contributed by atoms with Crippen LogP contribution in [0.3, 0.4) is 0 Å². The fourth-order valence-electron chi connectivity index (χ4n) is 11.5. The van der Waals surface area contributed by atoms with Gasteiger partial charge in [0, 0.05) is 27.3 Å². The predicted molar refractivity (Wildman–Crippen MR) is 317 cm³/mol. The Morgan fingerprint density at radius 1 is 0.573 bits per heavy atom. The van der Waals surface area contributed by atoms with E-state index in [0.29, 0.717) is 50.4 Å². The predicted octanol–water partition coefficient (Wildman–Crippen LogP) is 7.78. The van der Waals surface area contributed by atoms with E-state index < -0.39 is 83.2 Å². The topological polar surface area (TPSA) is 257 Å². The van der Waals surface area contributed by atoms with Gasteiger partial charge in [-0.1, -0.05) is 140 Å². The molecule has 0 aliphatic carbocycles. The maximum absolute atomic E-state index is 14.4. The molecule has 4 heterocycles. The summed E-state index contributed by atoms with van der Waals surface area (Å²) in [7, 11) is 2.61. The van der Waals surface area contributed by atoms with Crippen LogP contribution in [0.25, 0.3) is 0 Å². The zero-order valence-electron chi connectivity index (χ0n) is 49.3. The Labute approximate surface area is 493 Å². The molecule has 6 N–H and O–H groups in total. The van der Waals surface area contributed by atoms with Crippen LogP contribution in [0.4, 0.5) is 9.59 Å². The number of likely N-dealkylation sites (N-methyl/N-ethyl adjacent to an activating group) is 2. The van der Waals surface area contributed by atoms with Gasteiger partial charge in [-0.05, 0) is 85.8 Å². The molecule has 10 atom stereocenters. The van der Waals surface area contributed by atoms with E-state index >= 15 is 0 Å². The minimum Gasteiger partial charge on any atom is -0.465 e. The summed E-state index contributed by atoms with van der Waals surface area (Å²) in [6.07, 6.45) is 10.1. The SMILES string of the molecule is CC(C(=O)N[C@H]1CCS[C@H]2CC(C)(C)[C@@H](C(=O)NC(COCCCCCCCCCCCCOCC(NC(=O)[C@H]3N4C(=O)[C@@H](NC(=O)C(C)N(C)C(=O)O)CCS[C@H]4CC3(C)C)c3ccccc3)c3ccccc3)N2C1=O)N(C)C(=O)O. The molecule has 82 heavy (non-hydrogen) atoms. The molecule has 8 amide bonds. The number of hydrogen-bond donors (Lipinski definition) is 6. The number of carbonyl (C=O) groups is 8. The van der Waals surface area contributed by atoms with E-state index in [-0.39, 0.29) is 47.6 Å². The van der Waals surface area contributed by atoms with E-state index in [1.807, 2.05) is 88.4 Å². The molecule has 0 saturated carbocycles. The van der Waals surface area contributed by atoms with Gasteiger partial charge < -0.3 is 50.8 Å². The van der Waals surface area contributed by atoms with Gasteiger partial charge in [-0.3, -0.25) is 38.6 Å². The van der Waals surface area contributed by atoms with Crippen molar-refractivity contribution in [2.24, 2.45) is 10.8 Å². The molecule has 0 aromatic heterocycles. The van der Waals surface area contributed by atoms with Crippen molar-refractivity contribution < 1.29 is 58.0 Å². The van der Waals surface area contributed by atoms with Crippen LogP contribution in [0.2, 0.25) is 0 Å². The van der Waals surface area contributed by atoms with Crippen molar-refractivity contribution in [3.63, 3.8) is 0 Å². The molecular formula is C60H90N8O12S2. The van der Waals surface area contributed by atoms with Gasteiger partial charge in [-0.2, -0.15) is 0 Å². The number of rotatable bonds is 29. The van der Waals surface area contributed by atoms with Gasteiger partial charge >= 0.3 is 12.2 Å². The minimum absolute atomic E-state index is 0.246. The van der Waals surface area contributed by atoms with Crippen LogP contribution in [-0.2, 0) is 38.2 Å². The molecule has 4 aliphatic heterocycles. The molecule has 0 radical (unpaired) electrons. The van der Waals surface area contributed by atoms with E-state index in [2.05, 4.69) is 21.3 Å². The lowest BCUT2D eigenvalue weighted by molar-refractivity contribution is -0.144. The second-order valence-electron chi connectivity index (χ2n) is 23.8. The Kier molecular flexibility index (Phi) is 24.6. The van der Waals surface area contributed by atoms with Gasteiger partial charge in [-0.15, -0.1) is 23.5 Å². The fraction of sp³-hybridized carbons (Fsp3) is 0.667. The summed E-state index contributed by atoms with van der Waals surface area (Å²) in [5.41, 5.74) is 0.670. The third kappa shape index (κ3) is 17.5. The van der Waals surface area contributed by atoms with Crippen molar-refractivity contribution in [1.29, 1.82) is 0 Å². The van der Waals surface area contributed by atoms with Gasteiger partial charge in [0.1, 0.15) is 36.3 Å². The molecule has 20 nitrogen and oxygen atoms in total. The number of nitrogens with zero attached hydrogens (tertiary/aromatic N) is 4. The van der Waals surface area contributed by atoms with Gasteiger partial charge in [0.25, 0.3) is 0 Å². The van der Waals surface area contributed by atoms with Crippen LogP contribution in [0, 0.1) is 10.8 Å². The van der Waals surface area contributed by atoms with Crippen molar-refractivity contribution >= 4 is 71.2 Å². The van der Waals surface area contributed by atoms with E-state index in [4.69, 9.17) is 9.47 Å². The number of unbranched alkanes of at least 4 members (excludes halogenated alkanes) is 9.